The number of ketones is 1. The van der Waals surface area contributed by atoms with Crippen LogP contribution in [0.3, 0.4) is 0 Å². The van der Waals surface area contributed by atoms with Crippen molar-refractivity contribution in [3.63, 3.8) is 0 Å². The SMILES string of the molecule is O=C1COSC(=O)C1. The molecule has 0 N–H and O–H groups in total. The average molecular weight is 132 g/mol. The summed E-state index contributed by atoms with van der Waals surface area (Å²) >= 11 is 0.762. The molecule has 0 bridgehead atoms. The minimum Gasteiger partial charge on any atom is -0.300 e. The first-order valence-electron chi connectivity index (χ1n) is 2.13. The van der Waals surface area contributed by atoms with Gasteiger partial charge in [-0.2, -0.15) is 0 Å². The van der Waals surface area contributed by atoms with Gasteiger partial charge in [-0.1, -0.05) is 0 Å². The lowest BCUT2D eigenvalue weighted by molar-refractivity contribution is -0.126. The molecule has 0 saturated carbocycles. The van der Waals surface area contributed by atoms with Crippen molar-refractivity contribution in [1.29, 1.82) is 0 Å². The molecule has 0 aromatic carbocycles. The van der Waals surface area contributed by atoms with Gasteiger partial charge < -0.3 is 4.18 Å². The second-order valence-corrected chi connectivity index (χ2v) is 2.29. The molecular weight excluding hydrogens is 128 g/mol. The van der Waals surface area contributed by atoms with E-state index in [1.807, 2.05) is 0 Å². The fourth-order valence-electron chi connectivity index (χ4n) is 0.402. The molecule has 1 aliphatic heterocycles. The lowest BCUT2D eigenvalue weighted by Crippen LogP contribution is -2.16. The normalized spacial score (nSPS) is 21.5. The molecular formula is C4H4O3S. The molecule has 0 atom stereocenters. The minimum absolute atomic E-state index is 0.0324. The van der Waals surface area contributed by atoms with Crippen molar-refractivity contribution >= 4 is 22.9 Å². The summed E-state index contributed by atoms with van der Waals surface area (Å²) in [6.45, 7) is 0.0798. The average Bonchev–Trinajstić information content (AvgIpc) is 1.64. The van der Waals surface area contributed by atoms with E-state index in [0.29, 0.717) is 0 Å². The van der Waals surface area contributed by atoms with Crippen LogP contribution in [-0.4, -0.2) is 17.5 Å². The summed E-state index contributed by atoms with van der Waals surface area (Å²) in [5, 5.41) is -0.193. The Morgan fingerprint density at radius 2 is 2.25 bits per heavy atom. The summed E-state index contributed by atoms with van der Waals surface area (Å²) in [5.41, 5.74) is 0. The second kappa shape index (κ2) is 2.28. The van der Waals surface area contributed by atoms with Gasteiger partial charge in [-0.3, -0.25) is 9.59 Å². The second-order valence-electron chi connectivity index (χ2n) is 1.43. The van der Waals surface area contributed by atoms with E-state index in [1.54, 1.807) is 0 Å². The maximum atomic E-state index is 10.3. The molecule has 4 heteroatoms. The van der Waals surface area contributed by atoms with Gasteiger partial charge in [0.2, 0.25) is 5.12 Å². The molecule has 0 spiro atoms. The van der Waals surface area contributed by atoms with Gasteiger partial charge in [-0.05, 0) is 0 Å². The largest absolute Gasteiger partial charge is 0.300 e. The fourth-order valence-corrected chi connectivity index (χ4v) is 0.944. The van der Waals surface area contributed by atoms with Gasteiger partial charge in [0.25, 0.3) is 0 Å². The molecule has 1 rings (SSSR count). The van der Waals surface area contributed by atoms with E-state index >= 15 is 0 Å². The first-order valence-corrected chi connectivity index (χ1v) is 2.87. The number of carbonyl (C=O) groups is 2. The third-order valence-electron chi connectivity index (χ3n) is 0.713. The maximum Gasteiger partial charge on any atom is 0.223 e. The Morgan fingerprint density at radius 1 is 1.50 bits per heavy atom. The van der Waals surface area contributed by atoms with Crippen LogP contribution in [0.4, 0.5) is 0 Å². The van der Waals surface area contributed by atoms with Crippen LogP contribution in [0.2, 0.25) is 0 Å². The third-order valence-corrected chi connectivity index (χ3v) is 1.28. The highest BCUT2D eigenvalue weighted by Gasteiger charge is 2.16. The summed E-state index contributed by atoms with van der Waals surface area (Å²) in [6, 6.07) is 0. The zero-order valence-corrected chi connectivity index (χ0v) is 4.86. The Balaban J connectivity index is 2.45. The molecule has 3 nitrogen and oxygen atoms in total. The molecule has 1 aliphatic rings. The number of carbonyl (C=O) groups excluding carboxylic acids is 2. The van der Waals surface area contributed by atoms with Gasteiger partial charge in [0.15, 0.2) is 5.78 Å². The van der Waals surface area contributed by atoms with Crippen LogP contribution >= 0.6 is 12.0 Å². The Labute approximate surface area is 50.6 Å². The zero-order valence-electron chi connectivity index (χ0n) is 4.05. The fraction of sp³-hybridized carbons (Fsp3) is 0.500. The van der Waals surface area contributed by atoms with Crippen molar-refractivity contribution in [2.45, 2.75) is 6.42 Å². The first-order chi connectivity index (χ1) is 3.79. The molecule has 0 unspecified atom stereocenters. The molecule has 0 radical (unpaired) electrons. The summed E-state index contributed by atoms with van der Waals surface area (Å²) in [7, 11) is 0. The Kier molecular flexibility index (Phi) is 1.65. The van der Waals surface area contributed by atoms with Crippen molar-refractivity contribution < 1.29 is 13.8 Å². The first kappa shape index (κ1) is 5.78. The van der Waals surface area contributed by atoms with Crippen LogP contribution in [0, 0.1) is 0 Å². The van der Waals surface area contributed by atoms with Gasteiger partial charge in [0.05, 0.1) is 18.5 Å². The molecule has 0 aromatic heterocycles. The smallest absolute Gasteiger partial charge is 0.223 e. The Morgan fingerprint density at radius 3 is 2.62 bits per heavy atom. The molecule has 1 heterocycles. The molecule has 8 heavy (non-hydrogen) atoms. The molecule has 0 aromatic rings. The van der Waals surface area contributed by atoms with Crippen LogP contribution < -0.4 is 0 Å². The van der Waals surface area contributed by atoms with E-state index in [0.717, 1.165) is 12.0 Å². The lowest BCUT2D eigenvalue weighted by atomic mass is 10.3. The lowest BCUT2D eigenvalue weighted by Gasteiger charge is -2.04. The van der Waals surface area contributed by atoms with Crippen LogP contribution in [0.25, 0.3) is 0 Å². The molecule has 1 saturated heterocycles. The van der Waals surface area contributed by atoms with E-state index in [9.17, 15) is 9.59 Å². The number of hydrogen-bond acceptors (Lipinski definition) is 4. The molecule has 1 fully saturated rings. The van der Waals surface area contributed by atoms with E-state index in [-0.39, 0.29) is 23.9 Å². The van der Waals surface area contributed by atoms with Crippen molar-refractivity contribution in [2.75, 3.05) is 6.61 Å². The van der Waals surface area contributed by atoms with Crippen LogP contribution in [-0.2, 0) is 13.8 Å². The van der Waals surface area contributed by atoms with E-state index in [4.69, 9.17) is 0 Å². The van der Waals surface area contributed by atoms with E-state index in [2.05, 4.69) is 4.18 Å². The molecule has 44 valence electrons. The maximum absolute atomic E-state index is 10.3. The van der Waals surface area contributed by atoms with Crippen LogP contribution in [0.1, 0.15) is 6.42 Å². The minimum atomic E-state index is -0.193. The van der Waals surface area contributed by atoms with Gasteiger partial charge in [0, 0.05) is 0 Å². The van der Waals surface area contributed by atoms with Crippen LogP contribution in [0.5, 0.6) is 0 Å². The highest BCUT2D eigenvalue weighted by Crippen LogP contribution is 2.12. The summed E-state index contributed by atoms with van der Waals surface area (Å²) in [6.07, 6.45) is 0.0324. The zero-order chi connectivity index (χ0) is 5.98. The highest BCUT2D eigenvalue weighted by atomic mass is 32.2. The van der Waals surface area contributed by atoms with Gasteiger partial charge >= 0.3 is 0 Å². The topological polar surface area (TPSA) is 43.4 Å². The van der Waals surface area contributed by atoms with E-state index in [1.165, 1.54) is 0 Å². The van der Waals surface area contributed by atoms with E-state index < -0.39 is 0 Å². The molecule has 0 amide bonds. The number of hydrogen-bond donors (Lipinski definition) is 0. The van der Waals surface area contributed by atoms with Crippen molar-refractivity contribution in [1.82, 2.24) is 0 Å². The van der Waals surface area contributed by atoms with Crippen molar-refractivity contribution in [3.8, 4) is 0 Å². The van der Waals surface area contributed by atoms with Gasteiger partial charge in [0.1, 0.15) is 6.61 Å². The summed E-state index contributed by atoms with van der Waals surface area (Å²) < 4.78 is 4.51. The summed E-state index contributed by atoms with van der Waals surface area (Å²) in [4.78, 5) is 20.6. The Hall–Kier alpha value is -0.350. The Bertz CT molecular complexity index is 117. The van der Waals surface area contributed by atoms with Crippen LogP contribution in [0.15, 0.2) is 0 Å². The number of Topliss-reactive ketones (excluding diaryl/α,β-unsaturated/α-hetero) is 1. The van der Waals surface area contributed by atoms with Gasteiger partial charge in [-0.25, -0.2) is 0 Å². The standard InChI is InChI=1S/C4H4O3S/c5-3-1-4(6)8-7-2-3/h1-2H2. The summed E-state index contributed by atoms with van der Waals surface area (Å²) in [5.74, 6) is -0.131. The van der Waals surface area contributed by atoms with Crippen molar-refractivity contribution in [2.24, 2.45) is 0 Å². The van der Waals surface area contributed by atoms with Crippen molar-refractivity contribution in [3.05, 3.63) is 0 Å². The highest BCUT2D eigenvalue weighted by molar-refractivity contribution is 8.09. The predicted molar refractivity (Wildman–Crippen MR) is 28.2 cm³/mol. The third kappa shape index (κ3) is 1.31. The monoisotopic (exact) mass is 132 g/mol. The predicted octanol–water partition coefficient (Wildman–Crippen LogP) is 0.151. The quantitative estimate of drug-likeness (QED) is 0.347. The number of rotatable bonds is 0. The molecule has 0 aliphatic carbocycles. The van der Waals surface area contributed by atoms with Gasteiger partial charge in [-0.15, -0.1) is 0 Å².